The van der Waals surface area contributed by atoms with Crippen LogP contribution in [-0.2, 0) is 10.8 Å². The molecule has 3 heterocycles. The van der Waals surface area contributed by atoms with E-state index in [-0.39, 0.29) is 0 Å². The van der Waals surface area contributed by atoms with Crippen molar-refractivity contribution >= 4 is 65.4 Å². The minimum atomic E-state index is -0.682. The van der Waals surface area contributed by atoms with Crippen molar-refractivity contribution in [2.45, 2.75) is 10.8 Å². The normalized spacial score (nSPS) is 16.8. The van der Waals surface area contributed by atoms with E-state index in [2.05, 4.69) is 275 Å². The van der Waals surface area contributed by atoms with E-state index in [9.17, 15) is 0 Å². The lowest BCUT2D eigenvalue weighted by atomic mass is 9.44. The fourth-order valence-corrected chi connectivity index (χ4v) is 13.7. The van der Waals surface area contributed by atoms with Gasteiger partial charge in [-0.2, -0.15) is 0 Å². The quantitative estimate of drug-likeness (QED) is 0.163. The molecule has 2 bridgehead atoms. The van der Waals surface area contributed by atoms with Gasteiger partial charge in [-0.1, -0.05) is 188 Å². The van der Waals surface area contributed by atoms with Gasteiger partial charge in [-0.25, -0.2) is 0 Å². The van der Waals surface area contributed by atoms with Gasteiger partial charge in [0.15, 0.2) is 0 Å². The maximum atomic E-state index is 2.55. The highest BCUT2D eigenvalue weighted by molar-refractivity contribution is 6.11. The van der Waals surface area contributed by atoms with Crippen molar-refractivity contribution in [3.63, 3.8) is 0 Å². The second kappa shape index (κ2) is 14.2. The molecule has 0 fully saturated rings. The summed E-state index contributed by atoms with van der Waals surface area (Å²) in [6, 6.07) is 98.2. The summed E-state index contributed by atoms with van der Waals surface area (Å²) < 4.78 is 7.42. The molecule has 0 radical (unpaired) electrons. The molecule has 71 heavy (non-hydrogen) atoms. The molecule has 330 valence electrons. The second-order valence-corrected chi connectivity index (χ2v) is 19.5. The van der Waals surface area contributed by atoms with Gasteiger partial charge in [-0.05, 0) is 117 Å². The maximum Gasteiger partial charge on any atom is 0.0712 e. The van der Waals surface area contributed by atoms with Crippen LogP contribution >= 0.6 is 0 Å². The molecule has 0 unspecified atom stereocenters. The molecule has 0 aliphatic heterocycles. The maximum absolute atomic E-state index is 2.55. The number of nitrogens with zero attached hydrogens (tertiary/aromatic N) is 3. The molecule has 0 spiro atoms. The van der Waals surface area contributed by atoms with Crippen LogP contribution in [0, 0.1) is 0 Å². The Balaban J connectivity index is 1.03. The predicted molar refractivity (Wildman–Crippen MR) is 293 cm³/mol. The summed E-state index contributed by atoms with van der Waals surface area (Å²) >= 11 is 0. The summed E-state index contributed by atoms with van der Waals surface area (Å²) in [5, 5.41) is 7.54. The fourth-order valence-electron chi connectivity index (χ4n) is 13.7. The number of fused-ring (bicyclic) bond motifs is 9. The fraction of sp³-hybridized carbons (Fsp3) is 0.0294. The van der Waals surface area contributed by atoms with E-state index in [0.29, 0.717) is 0 Å². The SMILES string of the molecule is c1cc(-n2c3ccccc3c3ccccc32)cc(C23c4ccccc4C(c4cccc(-n5c6ccccc6c6ccccc65)c4)(c4ccccc42)c2cc(-n4c5ccccc5c5ccccc54)ccc23)c1. The molecule has 0 amide bonds. The van der Waals surface area contributed by atoms with Crippen LogP contribution in [-0.4, -0.2) is 13.7 Å². The molecule has 0 N–H and O–H groups in total. The molecular formula is C68H43N3. The average molecular weight is 902 g/mol. The van der Waals surface area contributed by atoms with E-state index in [1.165, 1.54) is 110 Å². The number of rotatable bonds is 5. The van der Waals surface area contributed by atoms with E-state index in [4.69, 9.17) is 0 Å². The van der Waals surface area contributed by atoms with Crippen LogP contribution in [0.5, 0.6) is 0 Å². The molecule has 3 aliphatic carbocycles. The third-order valence-corrected chi connectivity index (χ3v) is 16.4. The summed E-state index contributed by atoms with van der Waals surface area (Å²) in [6.07, 6.45) is 0. The van der Waals surface area contributed by atoms with Crippen LogP contribution in [0.25, 0.3) is 82.5 Å². The first-order chi connectivity index (χ1) is 35.2. The van der Waals surface area contributed by atoms with Crippen LogP contribution < -0.4 is 0 Å². The summed E-state index contributed by atoms with van der Waals surface area (Å²) in [7, 11) is 0. The molecule has 14 aromatic rings. The highest BCUT2D eigenvalue weighted by atomic mass is 15.0. The van der Waals surface area contributed by atoms with Crippen LogP contribution in [0.3, 0.4) is 0 Å². The molecule has 11 aromatic carbocycles. The molecule has 3 heteroatoms. The summed E-state index contributed by atoms with van der Waals surface area (Å²) in [6.45, 7) is 0. The van der Waals surface area contributed by atoms with Crippen molar-refractivity contribution in [2.75, 3.05) is 0 Å². The molecule has 3 nitrogen and oxygen atoms in total. The standard InChI is InChI=1S/C68H43N3/c1-11-33-61-49(23-1)50-24-2-12-34-62(50)69(61)46-21-17-19-44(41-46)67-55-29-7-9-31-57(55)68(58-32-10-8-30-56(58)67,45-20-18-22-47(42-45)70-63-35-13-3-25-51(63)52-26-4-14-36-64(52)70)60-43-48(39-40-59(60)67)71-65-37-15-5-27-53(65)54-28-6-16-38-66(54)71/h1-43H. The van der Waals surface area contributed by atoms with Crippen molar-refractivity contribution in [3.8, 4) is 17.1 Å². The van der Waals surface area contributed by atoms with Crippen molar-refractivity contribution in [1.29, 1.82) is 0 Å². The Hall–Kier alpha value is -9.18. The van der Waals surface area contributed by atoms with E-state index in [1.54, 1.807) is 0 Å². The Morgan fingerprint density at radius 1 is 0.197 bits per heavy atom. The van der Waals surface area contributed by atoms with Gasteiger partial charge >= 0.3 is 0 Å². The smallest absolute Gasteiger partial charge is 0.0712 e. The lowest BCUT2D eigenvalue weighted by Crippen LogP contribution is -2.52. The molecule has 0 saturated heterocycles. The topological polar surface area (TPSA) is 14.8 Å². The summed E-state index contributed by atoms with van der Waals surface area (Å²) in [5.74, 6) is 0. The first-order valence-corrected chi connectivity index (χ1v) is 24.8. The van der Waals surface area contributed by atoms with Gasteiger partial charge in [-0.15, -0.1) is 0 Å². The molecular weight excluding hydrogens is 859 g/mol. The van der Waals surface area contributed by atoms with Crippen LogP contribution in [0.1, 0.15) is 44.5 Å². The molecule has 3 aliphatic rings. The Kier molecular flexibility index (Phi) is 7.75. The lowest BCUT2D eigenvalue weighted by molar-refractivity contribution is 0.556. The monoisotopic (exact) mass is 901 g/mol. The minimum Gasteiger partial charge on any atom is -0.309 e. The predicted octanol–water partition coefficient (Wildman–Crippen LogP) is 16.4. The largest absolute Gasteiger partial charge is 0.309 e. The molecule has 0 saturated carbocycles. The lowest BCUT2D eigenvalue weighted by Gasteiger charge is -2.57. The third kappa shape index (κ3) is 4.87. The Morgan fingerprint density at radius 3 is 0.803 bits per heavy atom. The number of hydrogen-bond acceptors (Lipinski definition) is 0. The first kappa shape index (κ1) is 38.8. The Morgan fingerprint density at radius 2 is 0.465 bits per heavy atom. The zero-order valence-corrected chi connectivity index (χ0v) is 38.7. The zero-order valence-electron chi connectivity index (χ0n) is 38.7. The Labute approximate surface area is 410 Å². The van der Waals surface area contributed by atoms with Crippen LogP contribution in [0.15, 0.2) is 261 Å². The average Bonchev–Trinajstić information content (AvgIpc) is 4.09. The molecule has 3 aromatic heterocycles. The zero-order chi connectivity index (χ0) is 46.4. The van der Waals surface area contributed by atoms with Crippen molar-refractivity contribution in [3.05, 3.63) is 305 Å². The van der Waals surface area contributed by atoms with Crippen LogP contribution in [0.4, 0.5) is 0 Å². The first-order valence-electron chi connectivity index (χ1n) is 24.8. The molecule has 17 rings (SSSR count). The number of hydrogen-bond donors (Lipinski definition) is 0. The highest BCUT2D eigenvalue weighted by Gasteiger charge is 2.60. The van der Waals surface area contributed by atoms with E-state index in [0.717, 1.165) is 17.1 Å². The van der Waals surface area contributed by atoms with Crippen molar-refractivity contribution in [1.82, 2.24) is 13.7 Å². The summed E-state index contributed by atoms with van der Waals surface area (Å²) in [4.78, 5) is 0. The Bertz CT molecular complexity index is 4350. The van der Waals surface area contributed by atoms with Crippen LogP contribution in [0.2, 0.25) is 0 Å². The third-order valence-electron chi connectivity index (χ3n) is 16.4. The van der Waals surface area contributed by atoms with Crippen molar-refractivity contribution in [2.24, 2.45) is 0 Å². The highest BCUT2D eigenvalue weighted by Crippen LogP contribution is 2.66. The molecule has 0 atom stereocenters. The van der Waals surface area contributed by atoms with Gasteiger partial charge in [0.25, 0.3) is 0 Å². The number of para-hydroxylation sites is 6. The second-order valence-electron chi connectivity index (χ2n) is 19.5. The van der Waals surface area contributed by atoms with Gasteiger partial charge in [0.05, 0.1) is 43.9 Å². The van der Waals surface area contributed by atoms with Gasteiger partial charge in [0.2, 0.25) is 0 Å². The number of benzene rings is 11. The van der Waals surface area contributed by atoms with E-state index < -0.39 is 10.8 Å². The van der Waals surface area contributed by atoms with Crippen molar-refractivity contribution < 1.29 is 0 Å². The van der Waals surface area contributed by atoms with Gasteiger partial charge in [0, 0.05) is 49.4 Å². The summed E-state index contributed by atoms with van der Waals surface area (Å²) in [5.41, 5.74) is 19.7. The van der Waals surface area contributed by atoms with Gasteiger partial charge in [-0.3, -0.25) is 0 Å². The van der Waals surface area contributed by atoms with Gasteiger partial charge in [0.1, 0.15) is 0 Å². The van der Waals surface area contributed by atoms with Gasteiger partial charge < -0.3 is 13.7 Å². The number of aromatic nitrogens is 3. The minimum absolute atomic E-state index is 0.650. The van der Waals surface area contributed by atoms with E-state index in [1.807, 2.05) is 0 Å². The van der Waals surface area contributed by atoms with E-state index >= 15 is 0 Å².